The van der Waals surface area contributed by atoms with Gasteiger partial charge in [0.15, 0.2) is 0 Å². The number of rotatable bonds is 8. The number of unbranched alkanes of at least 4 members (excludes halogenated alkanes) is 1. The van der Waals surface area contributed by atoms with E-state index in [-0.39, 0.29) is 6.42 Å². The molecule has 0 aromatic carbocycles. The lowest BCUT2D eigenvalue weighted by atomic mass is 10.1. The van der Waals surface area contributed by atoms with Gasteiger partial charge >= 0.3 is 5.97 Å². The van der Waals surface area contributed by atoms with Crippen molar-refractivity contribution in [3.05, 3.63) is 11.9 Å². The molecule has 1 heterocycles. The van der Waals surface area contributed by atoms with Crippen molar-refractivity contribution in [2.75, 3.05) is 0 Å². The molecule has 0 saturated heterocycles. The van der Waals surface area contributed by atoms with Crippen LogP contribution >= 0.6 is 0 Å². The van der Waals surface area contributed by atoms with E-state index < -0.39 is 5.97 Å². The van der Waals surface area contributed by atoms with Gasteiger partial charge in [-0.1, -0.05) is 25.5 Å². The fourth-order valence-corrected chi connectivity index (χ4v) is 1.57. The molecule has 5 heteroatoms. The summed E-state index contributed by atoms with van der Waals surface area (Å²) in [6.45, 7) is 5.25. The van der Waals surface area contributed by atoms with Gasteiger partial charge in [-0.3, -0.25) is 9.48 Å². The van der Waals surface area contributed by atoms with Gasteiger partial charge in [0.1, 0.15) is 0 Å². The van der Waals surface area contributed by atoms with Crippen molar-refractivity contribution in [2.24, 2.45) is 5.92 Å². The normalized spacial score (nSPS) is 12.6. The predicted octanol–water partition coefficient (Wildman–Crippen LogP) is 2.12. The Bertz CT molecular complexity index is 349. The molecule has 0 bridgehead atoms. The highest BCUT2D eigenvalue weighted by Crippen LogP contribution is 2.07. The molecule has 1 unspecified atom stereocenters. The standard InChI is InChI=1S/C12H21N3O2/c1-3-10(2)8-15-9-11(13-14-15)6-4-5-7-12(16)17/h9-10H,3-8H2,1-2H3,(H,16,17). The number of carboxylic acids is 1. The van der Waals surface area contributed by atoms with Gasteiger partial charge in [0.25, 0.3) is 0 Å². The van der Waals surface area contributed by atoms with Gasteiger partial charge in [-0.25, -0.2) is 0 Å². The summed E-state index contributed by atoms with van der Waals surface area (Å²) in [6, 6.07) is 0. The Morgan fingerprint density at radius 3 is 2.94 bits per heavy atom. The van der Waals surface area contributed by atoms with Gasteiger partial charge in [-0.05, 0) is 25.2 Å². The molecule has 1 aromatic rings. The number of carbonyl (C=O) groups is 1. The van der Waals surface area contributed by atoms with Gasteiger partial charge in [-0.2, -0.15) is 0 Å². The third-order valence-corrected chi connectivity index (χ3v) is 2.86. The first-order valence-electron chi connectivity index (χ1n) is 6.22. The number of nitrogens with zero attached hydrogens (tertiary/aromatic N) is 3. The zero-order chi connectivity index (χ0) is 12.7. The number of hydrogen-bond acceptors (Lipinski definition) is 3. The SMILES string of the molecule is CCC(C)Cn1cc(CCCCC(=O)O)nn1. The monoisotopic (exact) mass is 239 g/mol. The van der Waals surface area contributed by atoms with E-state index in [1.165, 1.54) is 0 Å². The number of aromatic nitrogens is 3. The van der Waals surface area contributed by atoms with Crippen molar-refractivity contribution in [2.45, 2.75) is 52.5 Å². The van der Waals surface area contributed by atoms with Crippen molar-refractivity contribution in [1.29, 1.82) is 0 Å². The van der Waals surface area contributed by atoms with Crippen LogP contribution in [0.3, 0.4) is 0 Å². The molecule has 0 aliphatic heterocycles. The topological polar surface area (TPSA) is 68.0 Å². The molecule has 0 aliphatic rings. The molecule has 0 saturated carbocycles. The van der Waals surface area contributed by atoms with Gasteiger partial charge in [0.2, 0.25) is 0 Å². The van der Waals surface area contributed by atoms with Crippen LogP contribution in [0.2, 0.25) is 0 Å². The van der Waals surface area contributed by atoms with Crippen molar-refractivity contribution in [3.8, 4) is 0 Å². The molecule has 1 rings (SSSR count). The zero-order valence-corrected chi connectivity index (χ0v) is 10.6. The quantitative estimate of drug-likeness (QED) is 0.705. The second kappa shape index (κ2) is 7.04. The fourth-order valence-electron chi connectivity index (χ4n) is 1.57. The van der Waals surface area contributed by atoms with Crippen LogP contribution in [0.15, 0.2) is 6.20 Å². The van der Waals surface area contributed by atoms with E-state index in [0.29, 0.717) is 12.3 Å². The highest BCUT2D eigenvalue weighted by molar-refractivity contribution is 5.66. The van der Waals surface area contributed by atoms with E-state index in [0.717, 1.165) is 31.5 Å². The fraction of sp³-hybridized carbons (Fsp3) is 0.750. The molecule has 1 N–H and O–H groups in total. The Kier molecular flexibility index (Phi) is 5.66. The van der Waals surface area contributed by atoms with Crippen molar-refractivity contribution in [1.82, 2.24) is 15.0 Å². The van der Waals surface area contributed by atoms with Crippen LogP contribution in [0.25, 0.3) is 0 Å². The minimum Gasteiger partial charge on any atom is -0.481 e. The highest BCUT2D eigenvalue weighted by Gasteiger charge is 2.04. The third-order valence-electron chi connectivity index (χ3n) is 2.86. The Hall–Kier alpha value is -1.39. The predicted molar refractivity (Wildman–Crippen MR) is 64.7 cm³/mol. The average molecular weight is 239 g/mol. The lowest BCUT2D eigenvalue weighted by Crippen LogP contribution is -2.07. The first-order valence-corrected chi connectivity index (χ1v) is 6.22. The van der Waals surface area contributed by atoms with E-state index in [2.05, 4.69) is 24.2 Å². The van der Waals surface area contributed by atoms with Crippen LogP contribution < -0.4 is 0 Å². The zero-order valence-electron chi connectivity index (χ0n) is 10.6. The summed E-state index contributed by atoms with van der Waals surface area (Å²) in [6.07, 6.45) is 5.71. The van der Waals surface area contributed by atoms with Crippen LogP contribution in [0, 0.1) is 5.92 Å². The molecular weight excluding hydrogens is 218 g/mol. The van der Waals surface area contributed by atoms with Crippen LogP contribution in [-0.2, 0) is 17.8 Å². The second-order valence-corrected chi connectivity index (χ2v) is 4.55. The Labute approximate surface area is 102 Å². The van der Waals surface area contributed by atoms with Crippen LogP contribution in [0.1, 0.15) is 45.2 Å². The van der Waals surface area contributed by atoms with E-state index in [1.54, 1.807) is 0 Å². The highest BCUT2D eigenvalue weighted by atomic mass is 16.4. The average Bonchev–Trinajstić information content (AvgIpc) is 2.72. The number of aliphatic carboxylic acids is 1. The van der Waals surface area contributed by atoms with Gasteiger partial charge in [0.05, 0.1) is 5.69 Å². The molecule has 0 amide bonds. The maximum absolute atomic E-state index is 10.3. The second-order valence-electron chi connectivity index (χ2n) is 4.55. The lowest BCUT2D eigenvalue weighted by molar-refractivity contribution is -0.137. The first kappa shape index (κ1) is 13.7. The van der Waals surface area contributed by atoms with Crippen LogP contribution in [-0.4, -0.2) is 26.1 Å². The Morgan fingerprint density at radius 1 is 1.53 bits per heavy atom. The Balaban J connectivity index is 2.28. The third kappa shape index (κ3) is 5.47. The molecule has 1 atom stereocenters. The summed E-state index contributed by atoms with van der Waals surface area (Å²) < 4.78 is 1.88. The van der Waals surface area contributed by atoms with Crippen molar-refractivity contribution in [3.63, 3.8) is 0 Å². The molecular formula is C12H21N3O2. The van der Waals surface area contributed by atoms with E-state index in [1.807, 2.05) is 10.9 Å². The summed E-state index contributed by atoms with van der Waals surface area (Å²) in [5.74, 6) is -0.123. The molecule has 0 fully saturated rings. The largest absolute Gasteiger partial charge is 0.481 e. The minimum atomic E-state index is -0.731. The van der Waals surface area contributed by atoms with Gasteiger partial charge in [0, 0.05) is 19.2 Å². The molecule has 0 radical (unpaired) electrons. The first-order chi connectivity index (χ1) is 8.11. The summed E-state index contributed by atoms with van der Waals surface area (Å²) in [5, 5.41) is 16.7. The molecule has 17 heavy (non-hydrogen) atoms. The smallest absolute Gasteiger partial charge is 0.303 e. The molecule has 5 nitrogen and oxygen atoms in total. The summed E-state index contributed by atoms with van der Waals surface area (Å²) in [5.41, 5.74) is 0.957. The maximum Gasteiger partial charge on any atom is 0.303 e. The molecule has 96 valence electrons. The van der Waals surface area contributed by atoms with Crippen LogP contribution in [0.4, 0.5) is 0 Å². The van der Waals surface area contributed by atoms with Crippen molar-refractivity contribution >= 4 is 5.97 Å². The Morgan fingerprint density at radius 2 is 2.29 bits per heavy atom. The number of carboxylic acid groups (broad SMARTS) is 1. The summed E-state index contributed by atoms with van der Waals surface area (Å²) in [4.78, 5) is 10.3. The summed E-state index contributed by atoms with van der Waals surface area (Å²) >= 11 is 0. The summed E-state index contributed by atoms with van der Waals surface area (Å²) in [7, 11) is 0. The van der Waals surface area contributed by atoms with E-state index >= 15 is 0 Å². The van der Waals surface area contributed by atoms with Gasteiger partial charge in [-0.15, -0.1) is 5.10 Å². The lowest BCUT2D eigenvalue weighted by Gasteiger charge is -2.06. The molecule has 0 aliphatic carbocycles. The molecule has 1 aromatic heterocycles. The van der Waals surface area contributed by atoms with Crippen LogP contribution in [0.5, 0.6) is 0 Å². The number of aryl methyl sites for hydroxylation is 1. The van der Waals surface area contributed by atoms with E-state index in [4.69, 9.17) is 5.11 Å². The van der Waals surface area contributed by atoms with Gasteiger partial charge < -0.3 is 5.11 Å². The minimum absolute atomic E-state index is 0.237. The van der Waals surface area contributed by atoms with E-state index in [9.17, 15) is 4.79 Å². The maximum atomic E-state index is 10.3. The number of hydrogen-bond donors (Lipinski definition) is 1. The van der Waals surface area contributed by atoms with Crippen molar-refractivity contribution < 1.29 is 9.90 Å². The molecule has 0 spiro atoms.